The number of hydrogen-bond donors (Lipinski definition) is 0. The van der Waals surface area contributed by atoms with Crippen LogP contribution in [0, 0.1) is 11.8 Å². The molecule has 98 valence electrons. The second-order valence-electron chi connectivity index (χ2n) is 5.87. The van der Waals surface area contributed by atoms with E-state index in [9.17, 15) is 9.59 Å². The summed E-state index contributed by atoms with van der Waals surface area (Å²) in [4.78, 5) is 24.8. The summed E-state index contributed by atoms with van der Waals surface area (Å²) in [7, 11) is 0. The Kier molecular flexibility index (Phi) is 4.17. The van der Waals surface area contributed by atoms with Gasteiger partial charge in [-0.05, 0) is 40.0 Å². The normalized spacial score (nSPS) is 22.4. The molecule has 0 spiro atoms. The average Bonchev–Trinajstić information content (AvgIpc) is 2.62. The van der Waals surface area contributed by atoms with Gasteiger partial charge in [0.25, 0.3) is 0 Å². The fraction of sp³-hybridized carbons (Fsp3) is 0.846. The first kappa shape index (κ1) is 14.0. The van der Waals surface area contributed by atoms with Crippen molar-refractivity contribution in [2.45, 2.75) is 46.6 Å². The molecule has 2 atom stereocenters. The molecule has 0 aliphatic carbocycles. The van der Waals surface area contributed by atoms with Crippen LogP contribution in [0.1, 0.15) is 41.0 Å². The molecule has 4 heteroatoms. The number of ether oxygens (including phenoxy) is 1. The minimum atomic E-state index is -0.457. The molecule has 4 nitrogen and oxygen atoms in total. The largest absolute Gasteiger partial charge is 0.444 e. The quantitative estimate of drug-likeness (QED) is 0.746. The van der Waals surface area contributed by atoms with Crippen LogP contribution in [-0.4, -0.2) is 35.5 Å². The van der Waals surface area contributed by atoms with Crippen LogP contribution >= 0.6 is 0 Å². The SMILES string of the molecule is CC(=O)C(C)C1CCN(C(=O)OC(C)(C)C)C1. The summed E-state index contributed by atoms with van der Waals surface area (Å²) in [5.74, 6) is 0.503. The number of nitrogens with zero attached hydrogens (tertiary/aromatic N) is 1. The number of hydrogen-bond acceptors (Lipinski definition) is 3. The number of rotatable bonds is 2. The van der Waals surface area contributed by atoms with Gasteiger partial charge in [0.2, 0.25) is 0 Å². The summed E-state index contributed by atoms with van der Waals surface area (Å²) in [5, 5.41) is 0. The Hall–Kier alpha value is -1.06. The maximum atomic E-state index is 11.8. The number of ketones is 1. The van der Waals surface area contributed by atoms with Gasteiger partial charge in [0.1, 0.15) is 11.4 Å². The van der Waals surface area contributed by atoms with E-state index in [1.165, 1.54) is 0 Å². The van der Waals surface area contributed by atoms with Crippen LogP contribution in [0.5, 0.6) is 0 Å². The van der Waals surface area contributed by atoms with Crippen LogP contribution in [0.2, 0.25) is 0 Å². The van der Waals surface area contributed by atoms with E-state index in [0.29, 0.717) is 13.1 Å². The van der Waals surface area contributed by atoms with Gasteiger partial charge in [0.15, 0.2) is 0 Å². The third-order valence-corrected chi connectivity index (χ3v) is 3.22. The zero-order valence-electron chi connectivity index (χ0n) is 11.4. The molecule has 0 N–H and O–H groups in total. The molecule has 0 aromatic carbocycles. The molecule has 0 aromatic heterocycles. The van der Waals surface area contributed by atoms with Crippen LogP contribution in [0.4, 0.5) is 4.79 Å². The third-order valence-electron chi connectivity index (χ3n) is 3.22. The fourth-order valence-corrected chi connectivity index (χ4v) is 2.02. The van der Waals surface area contributed by atoms with Gasteiger partial charge in [0.05, 0.1) is 0 Å². The monoisotopic (exact) mass is 241 g/mol. The molecule has 1 amide bonds. The number of carbonyl (C=O) groups is 2. The van der Waals surface area contributed by atoms with E-state index in [-0.39, 0.29) is 23.7 Å². The van der Waals surface area contributed by atoms with Crippen LogP contribution in [0.3, 0.4) is 0 Å². The summed E-state index contributed by atoms with van der Waals surface area (Å²) < 4.78 is 5.31. The third kappa shape index (κ3) is 4.02. The zero-order valence-corrected chi connectivity index (χ0v) is 11.4. The molecule has 0 bridgehead atoms. The number of Topliss-reactive ketones (excluding diaryl/α,β-unsaturated/α-hetero) is 1. The molecule has 0 saturated carbocycles. The van der Waals surface area contributed by atoms with Gasteiger partial charge in [-0.25, -0.2) is 4.79 Å². The Morgan fingerprint density at radius 1 is 1.35 bits per heavy atom. The van der Waals surface area contributed by atoms with Gasteiger partial charge in [-0.1, -0.05) is 6.92 Å². The Balaban J connectivity index is 2.50. The van der Waals surface area contributed by atoms with E-state index >= 15 is 0 Å². The van der Waals surface area contributed by atoms with Crippen molar-refractivity contribution in [3.63, 3.8) is 0 Å². The Bertz CT molecular complexity index is 306. The molecule has 0 aromatic rings. The molecule has 1 heterocycles. The number of likely N-dealkylation sites (tertiary alicyclic amines) is 1. The molecule has 17 heavy (non-hydrogen) atoms. The van der Waals surface area contributed by atoms with Gasteiger partial charge in [-0.2, -0.15) is 0 Å². The van der Waals surface area contributed by atoms with Crippen molar-refractivity contribution < 1.29 is 14.3 Å². The summed E-state index contributed by atoms with van der Waals surface area (Å²) in [5.41, 5.74) is -0.457. The molecule has 1 aliphatic rings. The molecular formula is C13H23NO3. The Labute approximate surface area is 103 Å². The minimum absolute atomic E-state index is 0.0300. The van der Waals surface area contributed by atoms with E-state index in [1.54, 1.807) is 11.8 Å². The van der Waals surface area contributed by atoms with Crippen molar-refractivity contribution in [2.24, 2.45) is 11.8 Å². The highest BCUT2D eigenvalue weighted by molar-refractivity contribution is 5.78. The molecule has 1 saturated heterocycles. The first-order valence-corrected chi connectivity index (χ1v) is 6.19. The van der Waals surface area contributed by atoms with E-state index in [4.69, 9.17) is 4.74 Å². The molecule has 0 radical (unpaired) electrons. The first-order valence-electron chi connectivity index (χ1n) is 6.19. The molecular weight excluding hydrogens is 218 g/mol. The van der Waals surface area contributed by atoms with Crippen LogP contribution < -0.4 is 0 Å². The Morgan fingerprint density at radius 3 is 2.41 bits per heavy atom. The summed E-state index contributed by atoms with van der Waals surface area (Å²) in [6, 6.07) is 0. The lowest BCUT2D eigenvalue weighted by Gasteiger charge is -2.24. The standard InChI is InChI=1S/C13H23NO3/c1-9(10(2)15)11-6-7-14(8-11)12(16)17-13(3,4)5/h9,11H,6-8H2,1-5H3. The van der Waals surface area contributed by atoms with Crippen molar-refractivity contribution in [2.75, 3.05) is 13.1 Å². The van der Waals surface area contributed by atoms with Crippen molar-refractivity contribution in [3.8, 4) is 0 Å². The van der Waals surface area contributed by atoms with Crippen LogP contribution in [0.15, 0.2) is 0 Å². The van der Waals surface area contributed by atoms with Gasteiger partial charge < -0.3 is 9.64 Å². The highest BCUT2D eigenvalue weighted by Crippen LogP contribution is 2.25. The summed E-state index contributed by atoms with van der Waals surface area (Å²) >= 11 is 0. The Morgan fingerprint density at radius 2 is 1.94 bits per heavy atom. The van der Waals surface area contributed by atoms with E-state index in [0.717, 1.165) is 6.42 Å². The zero-order chi connectivity index (χ0) is 13.2. The van der Waals surface area contributed by atoms with E-state index in [1.807, 2.05) is 27.7 Å². The topological polar surface area (TPSA) is 46.6 Å². The van der Waals surface area contributed by atoms with Crippen LogP contribution in [0.25, 0.3) is 0 Å². The number of carbonyl (C=O) groups excluding carboxylic acids is 2. The van der Waals surface area contributed by atoms with Crippen LogP contribution in [-0.2, 0) is 9.53 Å². The van der Waals surface area contributed by atoms with Crippen molar-refractivity contribution in [3.05, 3.63) is 0 Å². The second kappa shape index (κ2) is 5.07. The predicted molar refractivity (Wildman–Crippen MR) is 65.8 cm³/mol. The number of amides is 1. The van der Waals surface area contributed by atoms with E-state index in [2.05, 4.69) is 0 Å². The van der Waals surface area contributed by atoms with Crippen molar-refractivity contribution in [1.82, 2.24) is 4.90 Å². The highest BCUT2D eigenvalue weighted by Gasteiger charge is 2.33. The lowest BCUT2D eigenvalue weighted by Crippen LogP contribution is -2.36. The minimum Gasteiger partial charge on any atom is -0.444 e. The molecule has 1 fully saturated rings. The average molecular weight is 241 g/mol. The summed E-state index contributed by atoms with van der Waals surface area (Å²) in [6.45, 7) is 10.4. The molecule has 1 rings (SSSR count). The van der Waals surface area contributed by atoms with Gasteiger partial charge in [0, 0.05) is 19.0 Å². The fourth-order valence-electron chi connectivity index (χ4n) is 2.02. The lowest BCUT2D eigenvalue weighted by atomic mass is 9.90. The van der Waals surface area contributed by atoms with Crippen molar-refractivity contribution >= 4 is 11.9 Å². The highest BCUT2D eigenvalue weighted by atomic mass is 16.6. The second-order valence-corrected chi connectivity index (χ2v) is 5.87. The molecule has 2 unspecified atom stereocenters. The molecule has 1 aliphatic heterocycles. The summed E-state index contributed by atoms with van der Waals surface area (Å²) in [6.07, 6.45) is 0.621. The van der Waals surface area contributed by atoms with Gasteiger partial charge in [-0.3, -0.25) is 4.79 Å². The van der Waals surface area contributed by atoms with Crippen molar-refractivity contribution in [1.29, 1.82) is 0 Å². The predicted octanol–water partition coefficient (Wildman–Crippen LogP) is 2.47. The lowest BCUT2D eigenvalue weighted by molar-refractivity contribution is -0.121. The van der Waals surface area contributed by atoms with Gasteiger partial charge in [-0.15, -0.1) is 0 Å². The smallest absolute Gasteiger partial charge is 0.410 e. The van der Waals surface area contributed by atoms with Gasteiger partial charge >= 0.3 is 6.09 Å². The maximum Gasteiger partial charge on any atom is 0.410 e. The first-order chi connectivity index (χ1) is 7.70. The van der Waals surface area contributed by atoms with E-state index < -0.39 is 5.60 Å². The maximum absolute atomic E-state index is 11.8.